The van der Waals surface area contributed by atoms with Crippen molar-refractivity contribution in [2.45, 2.75) is 6.18 Å². The summed E-state index contributed by atoms with van der Waals surface area (Å²) in [5, 5.41) is 0. The van der Waals surface area contributed by atoms with E-state index in [2.05, 4.69) is 15.0 Å². The van der Waals surface area contributed by atoms with Crippen LogP contribution in [0, 0.1) is 0 Å². The third kappa shape index (κ3) is 2.03. The van der Waals surface area contributed by atoms with Gasteiger partial charge >= 0.3 is 6.18 Å². The number of alkyl halides is 3. The predicted molar refractivity (Wildman–Crippen MR) is 61.2 cm³/mol. The van der Waals surface area contributed by atoms with Gasteiger partial charge < -0.3 is 0 Å². The highest BCUT2D eigenvalue weighted by atomic mass is 19.4. The van der Waals surface area contributed by atoms with Crippen LogP contribution in [0.5, 0.6) is 0 Å². The molecule has 0 aliphatic carbocycles. The maximum absolute atomic E-state index is 12.7. The van der Waals surface area contributed by atoms with Gasteiger partial charge in [-0.05, 0) is 18.2 Å². The first-order valence-corrected chi connectivity index (χ1v) is 5.37. The molecule has 3 rings (SSSR count). The fourth-order valence-electron chi connectivity index (χ4n) is 1.75. The van der Waals surface area contributed by atoms with Crippen LogP contribution in [0.4, 0.5) is 13.2 Å². The van der Waals surface area contributed by atoms with E-state index in [-0.39, 0.29) is 0 Å². The van der Waals surface area contributed by atoms with Crippen molar-refractivity contribution in [1.29, 1.82) is 0 Å². The summed E-state index contributed by atoms with van der Waals surface area (Å²) in [6.07, 6.45) is 1.09. The quantitative estimate of drug-likeness (QED) is 0.678. The highest BCUT2D eigenvalue weighted by Gasteiger charge is 2.31. The van der Waals surface area contributed by atoms with Crippen molar-refractivity contribution in [1.82, 2.24) is 19.4 Å². The highest BCUT2D eigenvalue weighted by Crippen LogP contribution is 2.30. The lowest BCUT2D eigenvalue weighted by Gasteiger charge is -2.07. The van der Waals surface area contributed by atoms with Crippen LogP contribution >= 0.6 is 0 Å². The second-order valence-corrected chi connectivity index (χ2v) is 3.86. The van der Waals surface area contributed by atoms with Crippen molar-refractivity contribution in [3.8, 4) is 11.5 Å². The van der Waals surface area contributed by atoms with Gasteiger partial charge in [0.05, 0.1) is 11.8 Å². The number of aromatic nitrogens is 4. The maximum Gasteiger partial charge on any atom is 0.417 e. The second-order valence-electron chi connectivity index (χ2n) is 3.86. The van der Waals surface area contributed by atoms with E-state index in [0.717, 1.165) is 12.3 Å². The molecule has 0 atom stereocenters. The fourth-order valence-corrected chi connectivity index (χ4v) is 1.75. The van der Waals surface area contributed by atoms with Gasteiger partial charge in [-0.1, -0.05) is 0 Å². The molecule has 0 fully saturated rings. The summed E-state index contributed by atoms with van der Waals surface area (Å²) >= 11 is 0. The van der Waals surface area contributed by atoms with E-state index in [1.165, 1.54) is 29.1 Å². The minimum absolute atomic E-state index is 0.328. The largest absolute Gasteiger partial charge is 0.417 e. The molecule has 0 saturated carbocycles. The topological polar surface area (TPSA) is 43.1 Å². The predicted octanol–water partition coefficient (Wildman–Crippen LogP) is 2.81. The lowest BCUT2D eigenvalue weighted by Crippen LogP contribution is -2.06. The van der Waals surface area contributed by atoms with E-state index in [0.29, 0.717) is 17.2 Å². The summed E-state index contributed by atoms with van der Waals surface area (Å²) in [5.41, 5.74) is 0.0901. The van der Waals surface area contributed by atoms with Crippen molar-refractivity contribution < 1.29 is 13.2 Å². The standard InChI is InChI=1S/C12H7F3N4/c13-12(14,15)8-2-3-10-18-6-9(19(10)7-8)11-16-4-1-5-17-11/h1-7H. The molecule has 0 radical (unpaired) electrons. The third-order valence-electron chi connectivity index (χ3n) is 2.63. The molecule has 0 N–H and O–H groups in total. The van der Waals surface area contributed by atoms with Crippen LogP contribution in [0.3, 0.4) is 0 Å². The number of pyridine rings is 1. The SMILES string of the molecule is FC(F)(F)c1ccc2ncc(-c3ncccn3)n2c1. The highest BCUT2D eigenvalue weighted by molar-refractivity contribution is 5.57. The van der Waals surface area contributed by atoms with E-state index < -0.39 is 11.7 Å². The summed E-state index contributed by atoms with van der Waals surface area (Å²) in [6.45, 7) is 0. The van der Waals surface area contributed by atoms with Crippen LogP contribution in [0.1, 0.15) is 5.56 Å². The summed E-state index contributed by atoms with van der Waals surface area (Å²) < 4.78 is 39.4. The molecule has 96 valence electrons. The lowest BCUT2D eigenvalue weighted by atomic mass is 10.2. The molecule has 7 heteroatoms. The number of hydrogen-bond donors (Lipinski definition) is 0. The van der Waals surface area contributed by atoms with Crippen LogP contribution < -0.4 is 0 Å². The van der Waals surface area contributed by atoms with Gasteiger partial charge in [-0.2, -0.15) is 13.2 Å². The Labute approximate surface area is 105 Å². The zero-order chi connectivity index (χ0) is 13.5. The van der Waals surface area contributed by atoms with Gasteiger partial charge in [0.1, 0.15) is 11.3 Å². The Kier molecular flexibility index (Phi) is 2.48. The molecule has 0 aliphatic rings. The van der Waals surface area contributed by atoms with Crippen molar-refractivity contribution in [2.75, 3.05) is 0 Å². The average Bonchev–Trinajstić information content (AvgIpc) is 2.81. The summed E-state index contributed by atoms with van der Waals surface area (Å²) in [7, 11) is 0. The maximum atomic E-state index is 12.7. The first kappa shape index (κ1) is 11.6. The third-order valence-corrected chi connectivity index (χ3v) is 2.63. The number of rotatable bonds is 1. The number of nitrogens with zero attached hydrogens (tertiary/aromatic N) is 4. The van der Waals surface area contributed by atoms with E-state index in [1.54, 1.807) is 6.07 Å². The summed E-state index contributed by atoms with van der Waals surface area (Å²) in [4.78, 5) is 12.1. The number of imidazole rings is 1. The summed E-state index contributed by atoms with van der Waals surface area (Å²) in [6, 6.07) is 3.95. The van der Waals surface area contributed by atoms with E-state index >= 15 is 0 Å². The first-order valence-electron chi connectivity index (χ1n) is 5.37. The normalized spacial score (nSPS) is 11.9. The van der Waals surface area contributed by atoms with E-state index in [9.17, 15) is 13.2 Å². The Morgan fingerprint density at radius 3 is 2.42 bits per heavy atom. The van der Waals surface area contributed by atoms with Gasteiger partial charge in [0.25, 0.3) is 0 Å². The molecule has 19 heavy (non-hydrogen) atoms. The van der Waals surface area contributed by atoms with Crippen molar-refractivity contribution in [3.05, 3.63) is 48.5 Å². The molecule has 0 aliphatic heterocycles. The molecule has 3 aromatic rings. The van der Waals surface area contributed by atoms with Gasteiger partial charge in [0.2, 0.25) is 0 Å². The van der Waals surface area contributed by atoms with Crippen LogP contribution in [-0.4, -0.2) is 19.4 Å². The van der Waals surface area contributed by atoms with Gasteiger partial charge in [-0.15, -0.1) is 0 Å². The van der Waals surface area contributed by atoms with Crippen molar-refractivity contribution in [2.24, 2.45) is 0 Å². The van der Waals surface area contributed by atoms with Crippen LogP contribution in [0.25, 0.3) is 17.2 Å². The molecule has 3 aromatic heterocycles. The summed E-state index contributed by atoms with van der Waals surface area (Å²) in [5.74, 6) is 0.328. The molecule has 0 unspecified atom stereocenters. The Balaban J connectivity index is 2.22. The Morgan fingerprint density at radius 1 is 1.00 bits per heavy atom. The monoisotopic (exact) mass is 264 g/mol. The molecule has 4 nitrogen and oxygen atoms in total. The number of halogens is 3. The average molecular weight is 264 g/mol. The van der Waals surface area contributed by atoms with Crippen molar-refractivity contribution >= 4 is 5.65 Å². The smallest absolute Gasteiger partial charge is 0.296 e. The molecular formula is C12H7F3N4. The Morgan fingerprint density at radius 2 is 1.74 bits per heavy atom. The first-order chi connectivity index (χ1) is 9.05. The molecule has 0 aromatic carbocycles. The Bertz CT molecular complexity index is 719. The van der Waals surface area contributed by atoms with Gasteiger partial charge in [-0.25, -0.2) is 15.0 Å². The number of fused-ring (bicyclic) bond motifs is 1. The molecule has 0 bridgehead atoms. The molecule has 0 spiro atoms. The van der Waals surface area contributed by atoms with Gasteiger partial charge in [0.15, 0.2) is 5.82 Å². The zero-order valence-corrected chi connectivity index (χ0v) is 9.46. The van der Waals surface area contributed by atoms with E-state index in [4.69, 9.17) is 0 Å². The fraction of sp³-hybridized carbons (Fsp3) is 0.0833. The lowest BCUT2D eigenvalue weighted by molar-refractivity contribution is -0.137. The zero-order valence-electron chi connectivity index (χ0n) is 9.46. The Hall–Kier alpha value is -2.44. The van der Waals surface area contributed by atoms with Crippen LogP contribution in [-0.2, 0) is 6.18 Å². The minimum atomic E-state index is -4.40. The van der Waals surface area contributed by atoms with Crippen LogP contribution in [0.2, 0.25) is 0 Å². The second kappa shape index (κ2) is 4.04. The molecule has 0 amide bonds. The molecule has 3 heterocycles. The minimum Gasteiger partial charge on any atom is -0.296 e. The molecule has 0 saturated heterocycles. The van der Waals surface area contributed by atoms with Gasteiger partial charge in [-0.3, -0.25) is 4.40 Å². The van der Waals surface area contributed by atoms with E-state index in [1.807, 2.05) is 0 Å². The van der Waals surface area contributed by atoms with Crippen LogP contribution in [0.15, 0.2) is 43.0 Å². The van der Waals surface area contributed by atoms with Gasteiger partial charge in [0, 0.05) is 18.6 Å². The number of hydrogen-bond acceptors (Lipinski definition) is 3. The van der Waals surface area contributed by atoms with Crippen molar-refractivity contribution in [3.63, 3.8) is 0 Å². The molecular weight excluding hydrogens is 257 g/mol.